The van der Waals surface area contributed by atoms with Gasteiger partial charge in [0.15, 0.2) is 17.0 Å². The van der Waals surface area contributed by atoms with Gasteiger partial charge in [-0.25, -0.2) is 18.8 Å². The zero-order chi connectivity index (χ0) is 26.1. The van der Waals surface area contributed by atoms with Crippen LogP contribution >= 0.6 is 37.2 Å². The number of piperidine rings is 1. The van der Waals surface area contributed by atoms with Gasteiger partial charge in [0.1, 0.15) is 11.6 Å². The van der Waals surface area contributed by atoms with Crippen molar-refractivity contribution in [3.05, 3.63) is 41.7 Å². The summed E-state index contributed by atoms with van der Waals surface area (Å²) in [6.45, 7) is 1.64. The number of nitrogens with two attached hydrogens (primary N) is 1. The molecule has 13 heteroatoms. The lowest BCUT2D eigenvalue weighted by atomic mass is 9.90. The highest BCUT2D eigenvalue weighted by atomic mass is 35.5. The van der Waals surface area contributed by atoms with Crippen LogP contribution in [0.1, 0.15) is 75.8 Å². The van der Waals surface area contributed by atoms with E-state index in [2.05, 4.69) is 20.3 Å². The molecule has 0 spiro atoms. The van der Waals surface area contributed by atoms with E-state index in [1.54, 1.807) is 0 Å². The number of anilines is 2. The number of halogens is 5. The third-order valence-electron chi connectivity index (χ3n) is 8.57. The maximum absolute atomic E-state index is 13.6. The molecule has 2 aliphatic carbocycles. The molecule has 3 aromatic rings. The van der Waals surface area contributed by atoms with Crippen LogP contribution in [-0.2, 0) is 6.42 Å². The smallest absolute Gasteiger partial charge is 0.227 e. The van der Waals surface area contributed by atoms with Crippen molar-refractivity contribution in [2.45, 2.75) is 88.8 Å². The van der Waals surface area contributed by atoms with Crippen LogP contribution in [0.5, 0.6) is 0 Å². The number of rotatable bonds is 7. The zero-order valence-corrected chi connectivity index (χ0v) is 25.6. The summed E-state index contributed by atoms with van der Waals surface area (Å²) in [5.41, 5.74) is 12.1. The molecule has 41 heavy (non-hydrogen) atoms. The summed E-state index contributed by atoms with van der Waals surface area (Å²) in [5.74, 6) is 0.737. The number of nitrogens with one attached hydrogen (secondary N) is 2. The monoisotopic (exact) mass is 632 g/mol. The molecule has 3 fully saturated rings. The lowest BCUT2D eigenvalue weighted by Gasteiger charge is -2.32. The van der Waals surface area contributed by atoms with Gasteiger partial charge >= 0.3 is 0 Å². The van der Waals surface area contributed by atoms with E-state index in [0.29, 0.717) is 36.4 Å². The van der Waals surface area contributed by atoms with E-state index in [9.17, 15) is 8.78 Å². The van der Waals surface area contributed by atoms with Crippen LogP contribution in [0.4, 0.5) is 20.5 Å². The molecule has 2 aromatic heterocycles. The number of hydrazine groups is 1. The Hall–Kier alpha value is -1.98. The highest BCUT2D eigenvalue weighted by molar-refractivity contribution is 5.86. The van der Waals surface area contributed by atoms with Crippen molar-refractivity contribution >= 4 is 60.2 Å². The molecule has 228 valence electrons. The molecule has 0 radical (unpaired) electrons. The van der Waals surface area contributed by atoms with Crippen molar-refractivity contribution in [2.24, 2.45) is 11.7 Å². The molecule has 6 rings (SSSR count). The molecule has 1 saturated heterocycles. The van der Waals surface area contributed by atoms with E-state index >= 15 is 0 Å². The van der Waals surface area contributed by atoms with Crippen molar-refractivity contribution in [1.82, 2.24) is 24.5 Å². The average Bonchev–Trinajstić information content (AvgIpc) is 3.56. The Bertz CT molecular complexity index is 1240. The second-order valence-corrected chi connectivity index (χ2v) is 11.4. The van der Waals surface area contributed by atoms with Gasteiger partial charge in [-0.1, -0.05) is 12.8 Å². The lowest BCUT2D eigenvalue weighted by molar-refractivity contribution is 0.216. The molecular formula is C28H41Cl3F2N8. The van der Waals surface area contributed by atoms with Gasteiger partial charge in [0.2, 0.25) is 5.95 Å². The van der Waals surface area contributed by atoms with Crippen LogP contribution in [-0.4, -0.2) is 49.7 Å². The SMILES string of the molecule is Cl.Cl.Cl.NC1CCC(Nc2nc(NN3CCC(Cc4cc(F)cc(F)c4)CC3)c3ncn(C4CCCC4)c3n2)CC1. The average molecular weight is 634 g/mol. The van der Waals surface area contributed by atoms with Crippen LogP contribution in [0.2, 0.25) is 0 Å². The molecule has 8 nitrogen and oxygen atoms in total. The molecule has 2 saturated carbocycles. The summed E-state index contributed by atoms with van der Waals surface area (Å²) in [6.07, 6.45) is 13.4. The Labute approximate surface area is 258 Å². The van der Waals surface area contributed by atoms with Crippen molar-refractivity contribution in [3.63, 3.8) is 0 Å². The number of nitrogens with zero attached hydrogens (tertiary/aromatic N) is 5. The van der Waals surface area contributed by atoms with Gasteiger partial charge in [-0.15, -0.1) is 37.2 Å². The first-order chi connectivity index (χ1) is 18.5. The second-order valence-electron chi connectivity index (χ2n) is 11.4. The number of benzene rings is 1. The number of aromatic nitrogens is 4. The predicted molar refractivity (Wildman–Crippen MR) is 166 cm³/mol. The number of hydrogen-bond donors (Lipinski definition) is 3. The summed E-state index contributed by atoms with van der Waals surface area (Å²) < 4.78 is 29.5. The van der Waals surface area contributed by atoms with Gasteiger partial charge in [-0.3, -0.25) is 0 Å². The van der Waals surface area contributed by atoms with Gasteiger partial charge in [0.05, 0.1) is 6.33 Å². The summed E-state index contributed by atoms with van der Waals surface area (Å²) in [7, 11) is 0. The summed E-state index contributed by atoms with van der Waals surface area (Å²) in [4.78, 5) is 14.6. The van der Waals surface area contributed by atoms with Crippen molar-refractivity contribution in [2.75, 3.05) is 23.8 Å². The Balaban J connectivity index is 0.00000154. The molecule has 1 aliphatic heterocycles. The van der Waals surface area contributed by atoms with Crippen LogP contribution in [0.3, 0.4) is 0 Å². The van der Waals surface area contributed by atoms with Crippen LogP contribution in [0.15, 0.2) is 24.5 Å². The van der Waals surface area contributed by atoms with Gasteiger partial charge in [-0.2, -0.15) is 9.97 Å². The lowest BCUT2D eigenvalue weighted by Crippen LogP contribution is -2.39. The van der Waals surface area contributed by atoms with Gasteiger partial charge in [0.25, 0.3) is 0 Å². The molecule has 0 atom stereocenters. The fraction of sp³-hybridized carbons (Fsp3) is 0.607. The molecule has 4 N–H and O–H groups in total. The predicted octanol–water partition coefficient (Wildman–Crippen LogP) is 6.45. The molecule has 1 aromatic carbocycles. The summed E-state index contributed by atoms with van der Waals surface area (Å²) >= 11 is 0. The molecule has 3 heterocycles. The van der Waals surface area contributed by atoms with Gasteiger partial charge in [0, 0.05) is 37.3 Å². The van der Waals surface area contributed by atoms with E-state index in [4.69, 9.17) is 20.7 Å². The maximum Gasteiger partial charge on any atom is 0.227 e. The minimum Gasteiger partial charge on any atom is -0.351 e. The molecule has 0 amide bonds. The minimum absolute atomic E-state index is 0. The molecular weight excluding hydrogens is 593 g/mol. The van der Waals surface area contributed by atoms with Gasteiger partial charge < -0.3 is 21.0 Å². The fourth-order valence-corrected chi connectivity index (χ4v) is 6.42. The Morgan fingerprint density at radius 3 is 2.17 bits per heavy atom. The first-order valence-corrected chi connectivity index (χ1v) is 14.2. The Kier molecular flexibility index (Phi) is 12.2. The number of imidazole rings is 1. The van der Waals surface area contributed by atoms with Crippen molar-refractivity contribution < 1.29 is 8.78 Å². The van der Waals surface area contributed by atoms with Gasteiger partial charge in [-0.05, 0) is 81.4 Å². The fourth-order valence-electron chi connectivity index (χ4n) is 6.42. The summed E-state index contributed by atoms with van der Waals surface area (Å²) in [6, 6.07) is 4.87. The molecule has 3 aliphatic rings. The van der Waals surface area contributed by atoms with Crippen LogP contribution in [0, 0.1) is 17.6 Å². The topological polar surface area (TPSA) is 96.9 Å². The van der Waals surface area contributed by atoms with E-state index in [-0.39, 0.29) is 37.2 Å². The highest BCUT2D eigenvalue weighted by Gasteiger charge is 2.26. The molecule has 0 bridgehead atoms. The third kappa shape index (κ3) is 8.10. The Morgan fingerprint density at radius 2 is 1.51 bits per heavy atom. The Morgan fingerprint density at radius 1 is 0.854 bits per heavy atom. The van der Waals surface area contributed by atoms with Crippen molar-refractivity contribution in [3.8, 4) is 0 Å². The van der Waals surface area contributed by atoms with Crippen LogP contribution < -0.4 is 16.5 Å². The zero-order valence-electron chi connectivity index (χ0n) is 23.1. The van der Waals surface area contributed by atoms with Crippen molar-refractivity contribution in [1.29, 1.82) is 0 Å². The second kappa shape index (κ2) is 15.0. The van der Waals surface area contributed by atoms with E-state index in [1.807, 2.05) is 6.33 Å². The van der Waals surface area contributed by atoms with E-state index in [0.717, 1.165) is 93.1 Å². The standard InChI is InChI=1S/C28H38F2N8.3ClH/c29-20-14-19(15-21(30)16-20)13-18-9-11-37(12-10-18)36-26-25-27(38(17-32-25)24-3-1-2-4-24)35-28(34-26)33-23-7-5-22(31)6-8-23;;;/h14-18,22-24H,1-13,31H2,(H2,33,34,35,36);3*1H. The minimum atomic E-state index is -0.510. The first-order valence-electron chi connectivity index (χ1n) is 14.2. The molecule has 0 unspecified atom stereocenters. The van der Waals surface area contributed by atoms with E-state index < -0.39 is 11.6 Å². The maximum atomic E-state index is 13.6. The van der Waals surface area contributed by atoms with Crippen LogP contribution in [0.25, 0.3) is 11.2 Å². The summed E-state index contributed by atoms with van der Waals surface area (Å²) in [5, 5.41) is 5.77. The number of fused-ring (bicyclic) bond motifs is 1. The third-order valence-corrected chi connectivity index (χ3v) is 8.57. The quantitative estimate of drug-likeness (QED) is 0.275. The normalized spacial score (nSPS) is 22.0. The highest BCUT2D eigenvalue weighted by Crippen LogP contribution is 2.34. The number of hydrogen-bond acceptors (Lipinski definition) is 7. The largest absolute Gasteiger partial charge is 0.351 e. The first kappa shape index (κ1) is 33.5. The van der Waals surface area contributed by atoms with E-state index in [1.165, 1.54) is 25.0 Å².